The van der Waals surface area contributed by atoms with Crippen molar-refractivity contribution in [2.24, 2.45) is 11.7 Å². The number of ether oxygens (including phenoxy) is 1. The predicted octanol–water partition coefficient (Wildman–Crippen LogP) is 5.04. The van der Waals surface area contributed by atoms with Crippen LogP contribution in [0.5, 0.6) is 0 Å². The smallest absolute Gasteiger partial charge is 0.407 e. The van der Waals surface area contributed by atoms with Crippen LogP contribution in [0, 0.1) is 5.92 Å². The molecule has 0 bridgehead atoms. The van der Waals surface area contributed by atoms with Crippen molar-refractivity contribution in [3.63, 3.8) is 0 Å². The van der Waals surface area contributed by atoms with Gasteiger partial charge >= 0.3 is 6.09 Å². The van der Waals surface area contributed by atoms with Gasteiger partial charge in [-0.3, -0.25) is 9.59 Å². The topological polar surface area (TPSA) is 130 Å². The second-order valence-corrected chi connectivity index (χ2v) is 10.4. The first-order valence-electron chi connectivity index (χ1n) is 13.4. The highest BCUT2D eigenvalue weighted by atomic mass is 16.5. The van der Waals surface area contributed by atoms with Crippen LogP contribution in [0.4, 0.5) is 4.79 Å². The van der Waals surface area contributed by atoms with E-state index in [2.05, 4.69) is 34.6 Å². The molecule has 1 aliphatic heterocycles. The van der Waals surface area contributed by atoms with Gasteiger partial charge in [0.1, 0.15) is 11.9 Å². The minimum atomic E-state index is -0.675. The quantitative estimate of drug-likeness (QED) is 0.303. The number of aromatic nitrogens is 2. The van der Waals surface area contributed by atoms with Crippen LogP contribution < -0.4 is 11.1 Å². The van der Waals surface area contributed by atoms with Crippen LogP contribution >= 0.6 is 0 Å². The van der Waals surface area contributed by atoms with Gasteiger partial charge in [0.2, 0.25) is 11.8 Å². The Balaban J connectivity index is 1.37. The number of carbonyl (C=O) groups is 3. The van der Waals surface area contributed by atoms with Crippen LogP contribution in [0.1, 0.15) is 48.9 Å². The molecule has 0 aliphatic carbocycles. The number of hydrogen-bond acceptors (Lipinski definition) is 5. The summed E-state index contributed by atoms with van der Waals surface area (Å²) in [5.74, 6) is 0.0495. The maximum absolute atomic E-state index is 13.4. The number of rotatable bonds is 7. The van der Waals surface area contributed by atoms with Gasteiger partial charge in [-0.2, -0.15) is 0 Å². The van der Waals surface area contributed by atoms with E-state index in [1.54, 1.807) is 17.0 Å². The van der Waals surface area contributed by atoms with Crippen LogP contribution in [-0.2, 0) is 9.53 Å². The lowest BCUT2D eigenvalue weighted by atomic mass is 9.98. The minimum Gasteiger partial charge on any atom is -0.453 e. The lowest BCUT2D eigenvalue weighted by Gasteiger charge is -2.29. The number of aromatic amines is 1. The lowest BCUT2D eigenvalue weighted by molar-refractivity contribution is -0.135. The molecule has 1 aromatic heterocycles. The van der Waals surface area contributed by atoms with Crippen molar-refractivity contribution < 1.29 is 19.1 Å². The summed E-state index contributed by atoms with van der Waals surface area (Å²) in [5.41, 5.74) is 9.60. The largest absolute Gasteiger partial charge is 0.453 e. The highest BCUT2D eigenvalue weighted by Gasteiger charge is 2.37. The second kappa shape index (κ2) is 11.2. The van der Waals surface area contributed by atoms with Crippen LogP contribution in [0.2, 0.25) is 0 Å². The van der Waals surface area contributed by atoms with Crippen molar-refractivity contribution in [1.29, 1.82) is 0 Å². The standard InChI is InChI=1S/C31H33N5O4/c1-18(2)27(35-31(39)40-3)30(38)36-13-5-8-26(36)29-33-17-25(34-29)23-12-11-21-14-20(9-10-22(21)15-23)19-6-4-7-24(16-19)28(32)37/h4,6-7,9-12,14-18,26-27H,5,8,13H2,1-3H3,(H2,32,37)(H,33,34)(H,35,39)/t26-,27-/m0/s1. The molecule has 0 unspecified atom stereocenters. The second-order valence-electron chi connectivity index (χ2n) is 10.4. The van der Waals surface area contributed by atoms with Gasteiger partial charge in [0.25, 0.3) is 0 Å². The Hall–Kier alpha value is -4.66. The number of primary amides is 1. The van der Waals surface area contributed by atoms with Crippen molar-refractivity contribution in [3.05, 3.63) is 78.2 Å². The first-order valence-corrected chi connectivity index (χ1v) is 13.4. The van der Waals surface area contributed by atoms with E-state index >= 15 is 0 Å². The van der Waals surface area contributed by atoms with E-state index in [4.69, 9.17) is 15.5 Å². The number of benzene rings is 3. The van der Waals surface area contributed by atoms with Crippen LogP contribution in [0.25, 0.3) is 33.2 Å². The number of imidazole rings is 1. The molecule has 1 saturated heterocycles. The number of H-pyrrole nitrogens is 1. The van der Waals surface area contributed by atoms with Crippen LogP contribution in [0.3, 0.4) is 0 Å². The third-order valence-corrected chi connectivity index (χ3v) is 7.46. The monoisotopic (exact) mass is 539 g/mol. The number of fused-ring (bicyclic) bond motifs is 1. The number of methoxy groups -OCH3 is 1. The molecule has 3 aromatic carbocycles. The number of nitrogens with one attached hydrogen (secondary N) is 2. The summed E-state index contributed by atoms with van der Waals surface area (Å²) in [6.45, 7) is 4.40. The molecule has 3 amide bonds. The van der Waals surface area contributed by atoms with Gasteiger partial charge in [-0.1, -0.05) is 50.2 Å². The van der Waals surface area contributed by atoms with E-state index in [9.17, 15) is 14.4 Å². The van der Waals surface area contributed by atoms with Gasteiger partial charge in [-0.05, 0) is 64.9 Å². The number of alkyl carbamates (subject to hydrolysis) is 1. The number of amides is 3. The fraction of sp³-hybridized carbons (Fsp3) is 0.290. The Bertz CT molecular complexity index is 1580. The van der Waals surface area contributed by atoms with Gasteiger partial charge < -0.3 is 25.7 Å². The highest BCUT2D eigenvalue weighted by molar-refractivity contribution is 5.95. The van der Waals surface area contributed by atoms with E-state index in [1.165, 1.54) is 7.11 Å². The van der Waals surface area contributed by atoms with Gasteiger partial charge in [0.15, 0.2) is 0 Å². The van der Waals surface area contributed by atoms with Gasteiger partial charge in [0, 0.05) is 23.9 Å². The number of nitrogens with zero attached hydrogens (tertiary/aromatic N) is 2. The van der Waals surface area contributed by atoms with Crippen molar-refractivity contribution in [1.82, 2.24) is 20.2 Å². The van der Waals surface area contributed by atoms with E-state index in [0.29, 0.717) is 12.1 Å². The first kappa shape index (κ1) is 26.9. The summed E-state index contributed by atoms with van der Waals surface area (Å²) in [5, 5.41) is 4.80. The average molecular weight is 540 g/mol. The Kier molecular flexibility index (Phi) is 7.55. The molecule has 0 spiro atoms. The molecule has 1 aliphatic rings. The molecule has 0 saturated carbocycles. The van der Waals surface area contributed by atoms with E-state index in [-0.39, 0.29) is 17.9 Å². The minimum absolute atomic E-state index is 0.0924. The van der Waals surface area contributed by atoms with Crippen LogP contribution in [-0.4, -0.2) is 52.5 Å². The highest BCUT2D eigenvalue weighted by Crippen LogP contribution is 2.34. The zero-order valence-corrected chi connectivity index (χ0v) is 22.8. The summed E-state index contributed by atoms with van der Waals surface area (Å²) in [4.78, 5) is 46.8. The molecule has 2 atom stereocenters. The lowest BCUT2D eigenvalue weighted by Crippen LogP contribution is -2.51. The number of nitrogens with two attached hydrogens (primary N) is 1. The summed E-state index contributed by atoms with van der Waals surface area (Å²) in [6, 6.07) is 18.8. The van der Waals surface area contributed by atoms with Crippen molar-refractivity contribution in [2.45, 2.75) is 38.8 Å². The van der Waals surface area contributed by atoms with Gasteiger partial charge in [0.05, 0.1) is 18.8 Å². The summed E-state index contributed by atoms with van der Waals surface area (Å²) in [6.07, 6.45) is 2.90. The number of carbonyl (C=O) groups excluding carboxylic acids is 3. The summed E-state index contributed by atoms with van der Waals surface area (Å²) < 4.78 is 4.72. The van der Waals surface area contributed by atoms with Gasteiger partial charge in [-0.15, -0.1) is 0 Å². The molecule has 4 aromatic rings. The molecule has 4 N–H and O–H groups in total. The SMILES string of the molecule is COC(=O)N[C@H](C(=O)N1CCC[C@H]1c1nc(-c2ccc3cc(-c4cccc(C(N)=O)c4)ccc3c2)c[nH]1)C(C)C. The Morgan fingerprint density at radius 3 is 2.42 bits per heavy atom. The van der Waals surface area contributed by atoms with Crippen molar-refractivity contribution in [3.8, 4) is 22.4 Å². The molecule has 9 nitrogen and oxygen atoms in total. The number of hydrogen-bond donors (Lipinski definition) is 3. The van der Waals surface area contributed by atoms with Crippen molar-refractivity contribution in [2.75, 3.05) is 13.7 Å². The normalized spacial score (nSPS) is 15.8. The summed E-state index contributed by atoms with van der Waals surface area (Å²) in [7, 11) is 1.29. The first-order chi connectivity index (χ1) is 19.2. The Labute approximate surface area is 232 Å². The molecule has 206 valence electrons. The summed E-state index contributed by atoms with van der Waals surface area (Å²) >= 11 is 0. The Morgan fingerprint density at radius 1 is 1.02 bits per heavy atom. The van der Waals surface area contributed by atoms with E-state index in [1.807, 2.05) is 44.3 Å². The molecule has 1 fully saturated rings. The molecular weight excluding hydrogens is 506 g/mol. The van der Waals surface area contributed by atoms with Crippen molar-refractivity contribution >= 4 is 28.7 Å². The molecule has 2 heterocycles. The Morgan fingerprint density at radius 2 is 1.73 bits per heavy atom. The maximum Gasteiger partial charge on any atom is 0.407 e. The van der Waals surface area contributed by atoms with Crippen LogP contribution in [0.15, 0.2) is 66.9 Å². The molecular formula is C31H33N5O4. The van der Waals surface area contributed by atoms with E-state index < -0.39 is 18.0 Å². The fourth-order valence-corrected chi connectivity index (χ4v) is 5.28. The third-order valence-electron chi connectivity index (χ3n) is 7.46. The molecule has 9 heteroatoms. The average Bonchev–Trinajstić information content (AvgIpc) is 3.65. The maximum atomic E-state index is 13.4. The zero-order valence-electron chi connectivity index (χ0n) is 22.8. The fourth-order valence-electron chi connectivity index (χ4n) is 5.28. The number of likely N-dealkylation sites (tertiary alicyclic amines) is 1. The molecule has 0 radical (unpaired) electrons. The molecule has 5 rings (SSSR count). The third kappa shape index (κ3) is 5.40. The molecule has 40 heavy (non-hydrogen) atoms. The predicted molar refractivity (Wildman–Crippen MR) is 153 cm³/mol. The van der Waals surface area contributed by atoms with E-state index in [0.717, 1.165) is 51.8 Å². The zero-order chi connectivity index (χ0) is 28.4. The van der Waals surface area contributed by atoms with Gasteiger partial charge in [-0.25, -0.2) is 9.78 Å².